The summed E-state index contributed by atoms with van der Waals surface area (Å²) in [6, 6.07) is 12.3. The summed E-state index contributed by atoms with van der Waals surface area (Å²) in [4.78, 5) is 21.2. The SMILES string of the molecule is COc1ccc(S(=O)(=O)CC(=O)N2CCN(c3nc4ccc(C)cc4s3)CC2)cc1. The van der Waals surface area contributed by atoms with Gasteiger partial charge in [0.2, 0.25) is 5.91 Å². The van der Waals surface area contributed by atoms with Crippen LogP contribution in [0.4, 0.5) is 5.13 Å². The number of carbonyl (C=O) groups excluding carboxylic acids is 1. The first-order valence-corrected chi connectivity index (χ1v) is 12.1. The molecule has 0 spiro atoms. The van der Waals surface area contributed by atoms with Crippen molar-refractivity contribution in [2.75, 3.05) is 43.9 Å². The zero-order valence-corrected chi connectivity index (χ0v) is 18.5. The van der Waals surface area contributed by atoms with Crippen molar-refractivity contribution in [1.29, 1.82) is 0 Å². The van der Waals surface area contributed by atoms with Crippen LogP contribution in [-0.2, 0) is 14.6 Å². The molecule has 3 aromatic rings. The van der Waals surface area contributed by atoms with Crippen molar-refractivity contribution in [3.05, 3.63) is 48.0 Å². The summed E-state index contributed by atoms with van der Waals surface area (Å²) >= 11 is 1.64. The molecule has 0 N–H and O–H groups in total. The van der Waals surface area contributed by atoms with Crippen LogP contribution >= 0.6 is 11.3 Å². The zero-order valence-electron chi connectivity index (χ0n) is 16.9. The number of aryl methyl sites for hydroxylation is 1. The molecule has 0 saturated carbocycles. The van der Waals surface area contributed by atoms with Crippen LogP contribution in [0.1, 0.15) is 5.56 Å². The highest BCUT2D eigenvalue weighted by molar-refractivity contribution is 7.92. The largest absolute Gasteiger partial charge is 0.497 e. The molecule has 2 aromatic carbocycles. The summed E-state index contributed by atoms with van der Waals surface area (Å²) in [6.45, 7) is 4.28. The molecule has 1 aliphatic heterocycles. The van der Waals surface area contributed by atoms with Crippen molar-refractivity contribution in [3.63, 3.8) is 0 Å². The van der Waals surface area contributed by atoms with E-state index in [-0.39, 0.29) is 10.8 Å². The summed E-state index contributed by atoms with van der Waals surface area (Å²) in [5.74, 6) is -0.327. The number of anilines is 1. The van der Waals surface area contributed by atoms with Crippen LogP contribution in [0.25, 0.3) is 10.2 Å². The lowest BCUT2D eigenvalue weighted by atomic mass is 10.2. The molecule has 0 aliphatic carbocycles. The number of carbonyl (C=O) groups is 1. The van der Waals surface area contributed by atoms with E-state index >= 15 is 0 Å². The van der Waals surface area contributed by atoms with Crippen LogP contribution in [0.5, 0.6) is 5.75 Å². The van der Waals surface area contributed by atoms with Crippen LogP contribution in [0.2, 0.25) is 0 Å². The number of hydrogen-bond donors (Lipinski definition) is 0. The Labute approximate surface area is 179 Å². The first kappa shape index (κ1) is 20.6. The molecule has 1 aromatic heterocycles. The summed E-state index contributed by atoms with van der Waals surface area (Å²) in [5.41, 5.74) is 2.18. The molecule has 158 valence electrons. The number of hydrogen-bond acceptors (Lipinski definition) is 7. The normalized spacial score (nSPS) is 14.9. The smallest absolute Gasteiger partial charge is 0.238 e. The average Bonchev–Trinajstić information content (AvgIpc) is 3.17. The third-order valence-electron chi connectivity index (χ3n) is 5.17. The van der Waals surface area contributed by atoms with Gasteiger partial charge in [-0.05, 0) is 48.9 Å². The molecular formula is C21H23N3O4S2. The lowest BCUT2D eigenvalue weighted by Gasteiger charge is -2.34. The Morgan fingerprint density at radius 1 is 1.10 bits per heavy atom. The second-order valence-electron chi connectivity index (χ2n) is 7.27. The zero-order chi connectivity index (χ0) is 21.3. The molecule has 0 radical (unpaired) electrons. The molecule has 1 fully saturated rings. The molecule has 9 heteroatoms. The lowest BCUT2D eigenvalue weighted by molar-refractivity contribution is -0.128. The number of benzene rings is 2. The standard InChI is InChI=1S/C21H23N3O4S2/c1-15-3-8-18-19(13-15)29-21(22-18)24-11-9-23(10-12-24)20(25)14-30(26,27)17-6-4-16(28-2)5-7-17/h3-8,13H,9-12,14H2,1-2H3. The van der Waals surface area contributed by atoms with E-state index in [2.05, 4.69) is 17.9 Å². The van der Waals surface area contributed by atoms with Gasteiger partial charge in [-0.3, -0.25) is 4.79 Å². The fraction of sp³-hybridized carbons (Fsp3) is 0.333. The molecule has 1 saturated heterocycles. The molecular weight excluding hydrogens is 422 g/mol. The molecule has 0 bridgehead atoms. The van der Waals surface area contributed by atoms with E-state index in [1.165, 1.54) is 24.8 Å². The Morgan fingerprint density at radius 2 is 1.80 bits per heavy atom. The van der Waals surface area contributed by atoms with E-state index < -0.39 is 15.6 Å². The molecule has 0 unspecified atom stereocenters. The van der Waals surface area contributed by atoms with Crippen molar-refractivity contribution >= 4 is 42.4 Å². The molecule has 1 amide bonds. The van der Waals surface area contributed by atoms with E-state index in [1.807, 2.05) is 12.1 Å². The van der Waals surface area contributed by atoms with Gasteiger partial charge in [0, 0.05) is 26.2 Å². The number of methoxy groups -OCH3 is 1. The average molecular weight is 446 g/mol. The quantitative estimate of drug-likeness (QED) is 0.601. The Kier molecular flexibility index (Phi) is 5.66. The molecule has 1 aliphatic rings. The number of aromatic nitrogens is 1. The fourth-order valence-corrected chi connectivity index (χ4v) is 5.76. The Balaban J connectivity index is 1.38. The highest BCUT2D eigenvalue weighted by Crippen LogP contribution is 2.30. The number of fused-ring (bicyclic) bond motifs is 1. The van der Waals surface area contributed by atoms with E-state index in [0.717, 1.165) is 15.3 Å². The Bertz CT molecular complexity index is 1160. The summed E-state index contributed by atoms with van der Waals surface area (Å²) in [6.07, 6.45) is 0. The molecule has 0 atom stereocenters. The topological polar surface area (TPSA) is 79.8 Å². The van der Waals surface area contributed by atoms with Crippen molar-refractivity contribution < 1.29 is 17.9 Å². The molecule has 7 nitrogen and oxygen atoms in total. The maximum atomic E-state index is 12.6. The van der Waals surface area contributed by atoms with Gasteiger partial charge in [0.25, 0.3) is 0 Å². The lowest BCUT2D eigenvalue weighted by Crippen LogP contribution is -2.50. The third-order valence-corrected chi connectivity index (χ3v) is 7.86. The fourth-order valence-electron chi connectivity index (χ4n) is 3.42. The van der Waals surface area contributed by atoms with Crippen molar-refractivity contribution in [2.24, 2.45) is 0 Å². The van der Waals surface area contributed by atoms with Gasteiger partial charge in [0.1, 0.15) is 11.5 Å². The van der Waals surface area contributed by atoms with Crippen LogP contribution in [0.3, 0.4) is 0 Å². The molecule has 30 heavy (non-hydrogen) atoms. The van der Waals surface area contributed by atoms with Gasteiger partial charge in [-0.2, -0.15) is 0 Å². The maximum Gasteiger partial charge on any atom is 0.238 e. The first-order chi connectivity index (χ1) is 14.4. The van der Waals surface area contributed by atoms with Gasteiger partial charge in [-0.25, -0.2) is 13.4 Å². The van der Waals surface area contributed by atoms with E-state index in [0.29, 0.717) is 31.9 Å². The number of piperazine rings is 1. The minimum absolute atomic E-state index is 0.125. The maximum absolute atomic E-state index is 12.6. The van der Waals surface area contributed by atoms with Gasteiger partial charge in [-0.15, -0.1) is 0 Å². The van der Waals surface area contributed by atoms with Crippen molar-refractivity contribution in [2.45, 2.75) is 11.8 Å². The summed E-state index contributed by atoms with van der Waals surface area (Å²) in [5, 5.41) is 0.938. The van der Waals surface area contributed by atoms with Gasteiger partial charge in [-0.1, -0.05) is 17.4 Å². The second-order valence-corrected chi connectivity index (χ2v) is 10.3. The highest BCUT2D eigenvalue weighted by Gasteiger charge is 2.27. The molecule has 2 heterocycles. The van der Waals surface area contributed by atoms with Crippen LogP contribution in [-0.4, -0.2) is 63.3 Å². The van der Waals surface area contributed by atoms with Crippen molar-refractivity contribution in [1.82, 2.24) is 9.88 Å². The number of sulfone groups is 1. The van der Waals surface area contributed by atoms with Gasteiger partial charge < -0.3 is 14.5 Å². The number of amides is 1. The highest BCUT2D eigenvalue weighted by atomic mass is 32.2. The number of rotatable bonds is 5. The minimum Gasteiger partial charge on any atom is -0.497 e. The first-order valence-electron chi connectivity index (χ1n) is 9.62. The number of nitrogens with zero attached hydrogens (tertiary/aromatic N) is 3. The van der Waals surface area contributed by atoms with Crippen molar-refractivity contribution in [3.8, 4) is 5.75 Å². The van der Waals surface area contributed by atoms with E-state index in [1.54, 1.807) is 28.4 Å². The summed E-state index contributed by atoms with van der Waals surface area (Å²) in [7, 11) is -2.18. The predicted molar refractivity (Wildman–Crippen MR) is 118 cm³/mol. The Morgan fingerprint density at radius 3 is 2.47 bits per heavy atom. The van der Waals surface area contributed by atoms with Crippen LogP contribution in [0, 0.1) is 6.92 Å². The summed E-state index contributed by atoms with van der Waals surface area (Å²) < 4.78 is 31.4. The van der Waals surface area contributed by atoms with E-state index in [4.69, 9.17) is 9.72 Å². The van der Waals surface area contributed by atoms with Gasteiger partial charge in [0.15, 0.2) is 15.0 Å². The monoisotopic (exact) mass is 445 g/mol. The number of ether oxygens (including phenoxy) is 1. The molecule has 4 rings (SSSR count). The number of thiazole rings is 1. The minimum atomic E-state index is -3.69. The third kappa shape index (κ3) is 4.27. The Hall–Kier alpha value is -2.65. The van der Waals surface area contributed by atoms with Crippen LogP contribution in [0.15, 0.2) is 47.4 Å². The van der Waals surface area contributed by atoms with Gasteiger partial charge >= 0.3 is 0 Å². The predicted octanol–water partition coefficient (Wildman–Crippen LogP) is 2.74. The van der Waals surface area contributed by atoms with E-state index in [9.17, 15) is 13.2 Å². The second kappa shape index (κ2) is 8.23. The van der Waals surface area contributed by atoms with Crippen LogP contribution < -0.4 is 9.64 Å². The van der Waals surface area contributed by atoms with Gasteiger partial charge in [0.05, 0.1) is 22.2 Å².